The molecule has 1 heterocycles. The minimum absolute atomic E-state index is 0.494. The standard InChI is InChI=1S/C15H18N2O2/c1-3-13-15(18-2)14(9-10-16-13)17-19-11-12-7-5-4-6-8-12/h4-10H,3,11H2,1-2H3,(H,16,17). The van der Waals surface area contributed by atoms with Crippen LogP contribution in [-0.2, 0) is 17.9 Å². The van der Waals surface area contributed by atoms with Crippen LogP contribution in [-0.4, -0.2) is 12.1 Å². The van der Waals surface area contributed by atoms with E-state index < -0.39 is 0 Å². The molecular weight excluding hydrogens is 240 g/mol. The Bertz CT molecular complexity index is 515. The third kappa shape index (κ3) is 3.45. The van der Waals surface area contributed by atoms with E-state index in [1.165, 1.54) is 0 Å². The molecule has 0 radical (unpaired) electrons. The van der Waals surface area contributed by atoms with Crippen molar-refractivity contribution >= 4 is 5.69 Å². The van der Waals surface area contributed by atoms with Gasteiger partial charge < -0.3 is 4.74 Å². The molecule has 0 bridgehead atoms. The smallest absolute Gasteiger partial charge is 0.165 e. The Kier molecular flexibility index (Phi) is 4.75. The molecule has 0 amide bonds. The normalized spacial score (nSPS) is 10.2. The predicted octanol–water partition coefficient (Wildman–Crippen LogP) is 3.20. The molecule has 0 atom stereocenters. The van der Waals surface area contributed by atoms with Crippen LogP contribution in [0.25, 0.3) is 0 Å². The van der Waals surface area contributed by atoms with E-state index in [2.05, 4.69) is 10.5 Å². The Labute approximate surface area is 113 Å². The van der Waals surface area contributed by atoms with Crippen LogP contribution in [0.15, 0.2) is 42.6 Å². The van der Waals surface area contributed by atoms with Gasteiger partial charge in [0.05, 0.1) is 19.4 Å². The van der Waals surface area contributed by atoms with E-state index in [4.69, 9.17) is 9.57 Å². The third-order valence-electron chi connectivity index (χ3n) is 2.78. The summed E-state index contributed by atoms with van der Waals surface area (Å²) in [4.78, 5) is 9.76. The number of hydrogen-bond donors (Lipinski definition) is 1. The number of ether oxygens (including phenoxy) is 1. The molecule has 0 spiro atoms. The summed E-state index contributed by atoms with van der Waals surface area (Å²) < 4.78 is 5.37. The summed E-state index contributed by atoms with van der Waals surface area (Å²) in [6, 6.07) is 11.8. The van der Waals surface area contributed by atoms with Gasteiger partial charge in [-0.25, -0.2) is 0 Å². The molecular formula is C15H18N2O2. The van der Waals surface area contributed by atoms with Gasteiger partial charge in [0.25, 0.3) is 0 Å². The van der Waals surface area contributed by atoms with Crippen LogP contribution in [0.4, 0.5) is 5.69 Å². The summed E-state index contributed by atoms with van der Waals surface area (Å²) in [5.74, 6) is 0.734. The van der Waals surface area contributed by atoms with Crippen molar-refractivity contribution in [2.24, 2.45) is 0 Å². The summed E-state index contributed by atoms with van der Waals surface area (Å²) in [7, 11) is 1.64. The molecule has 0 aliphatic rings. The number of methoxy groups -OCH3 is 1. The molecule has 1 aromatic heterocycles. The van der Waals surface area contributed by atoms with E-state index in [0.29, 0.717) is 6.61 Å². The molecule has 1 aromatic carbocycles. The zero-order chi connectivity index (χ0) is 13.5. The molecule has 1 N–H and O–H groups in total. The van der Waals surface area contributed by atoms with Crippen molar-refractivity contribution in [2.45, 2.75) is 20.0 Å². The van der Waals surface area contributed by atoms with Gasteiger partial charge in [-0.15, -0.1) is 0 Å². The van der Waals surface area contributed by atoms with Crippen LogP contribution in [0.1, 0.15) is 18.2 Å². The number of nitrogens with zero attached hydrogens (tertiary/aromatic N) is 1. The molecule has 0 aliphatic carbocycles. The minimum Gasteiger partial charge on any atom is -0.493 e. The molecule has 0 saturated heterocycles. The van der Waals surface area contributed by atoms with Gasteiger partial charge in [-0.05, 0) is 18.1 Å². The summed E-state index contributed by atoms with van der Waals surface area (Å²) in [5.41, 5.74) is 5.74. The first-order chi connectivity index (χ1) is 9.35. The third-order valence-corrected chi connectivity index (χ3v) is 2.78. The van der Waals surface area contributed by atoms with Crippen LogP contribution in [0.3, 0.4) is 0 Å². The second kappa shape index (κ2) is 6.75. The van der Waals surface area contributed by atoms with Gasteiger partial charge in [0, 0.05) is 6.20 Å². The maximum atomic E-state index is 5.49. The van der Waals surface area contributed by atoms with E-state index >= 15 is 0 Å². The number of rotatable bonds is 6. The maximum Gasteiger partial charge on any atom is 0.165 e. The van der Waals surface area contributed by atoms with Crippen molar-refractivity contribution < 1.29 is 9.57 Å². The zero-order valence-electron chi connectivity index (χ0n) is 11.2. The molecule has 4 nitrogen and oxygen atoms in total. The summed E-state index contributed by atoms with van der Waals surface area (Å²) in [6.45, 7) is 2.53. The first kappa shape index (κ1) is 13.4. The number of aryl methyl sites for hydroxylation is 1. The largest absolute Gasteiger partial charge is 0.493 e. The van der Waals surface area contributed by atoms with Crippen LogP contribution in [0.2, 0.25) is 0 Å². The molecule has 4 heteroatoms. The molecule has 100 valence electrons. The molecule has 19 heavy (non-hydrogen) atoms. The van der Waals surface area contributed by atoms with Crippen LogP contribution >= 0.6 is 0 Å². The molecule has 0 aliphatic heterocycles. The number of hydrogen-bond acceptors (Lipinski definition) is 4. The fourth-order valence-electron chi connectivity index (χ4n) is 1.82. The number of anilines is 1. The number of aromatic nitrogens is 1. The van der Waals surface area contributed by atoms with Crippen molar-refractivity contribution in [3.63, 3.8) is 0 Å². The second-order valence-electron chi connectivity index (χ2n) is 4.07. The van der Waals surface area contributed by atoms with Gasteiger partial charge >= 0.3 is 0 Å². The quantitative estimate of drug-likeness (QED) is 0.808. The molecule has 2 aromatic rings. The minimum atomic E-state index is 0.494. The number of nitrogens with one attached hydrogen (secondary N) is 1. The predicted molar refractivity (Wildman–Crippen MR) is 75.0 cm³/mol. The van der Waals surface area contributed by atoms with Crippen molar-refractivity contribution in [3.05, 3.63) is 53.9 Å². The Hall–Kier alpha value is -2.07. The highest BCUT2D eigenvalue weighted by molar-refractivity contribution is 5.56. The SMILES string of the molecule is CCc1nccc(NOCc2ccccc2)c1OC. The van der Waals surface area contributed by atoms with E-state index in [-0.39, 0.29) is 0 Å². The first-order valence-corrected chi connectivity index (χ1v) is 6.28. The van der Waals surface area contributed by atoms with E-state index in [9.17, 15) is 0 Å². The lowest BCUT2D eigenvalue weighted by Gasteiger charge is -2.13. The average molecular weight is 258 g/mol. The Morgan fingerprint density at radius 3 is 2.63 bits per heavy atom. The molecule has 0 saturated carbocycles. The lowest BCUT2D eigenvalue weighted by Crippen LogP contribution is -2.05. The van der Waals surface area contributed by atoms with E-state index in [0.717, 1.165) is 29.1 Å². The highest BCUT2D eigenvalue weighted by atomic mass is 16.6. The van der Waals surface area contributed by atoms with E-state index in [1.807, 2.05) is 43.3 Å². The van der Waals surface area contributed by atoms with Crippen molar-refractivity contribution in [2.75, 3.05) is 12.6 Å². The highest BCUT2D eigenvalue weighted by Crippen LogP contribution is 2.27. The van der Waals surface area contributed by atoms with Crippen molar-refractivity contribution in [1.29, 1.82) is 0 Å². The van der Waals surface area contributed by atoms with Crippen LogP contribution in [0.5, 0.6) is 5.75 Å². The van der Waals surface area contributed by atoms with Gasteiger partial charge in [0.2, 0.25) is 0 Å². The Morgan fingerprint density at radius 1 is 1.16 bits per heavy atom. The molecule has 0 fully saturated rings. The summed E-state index contributed by atoms with van der Waals surface area (Å²) in [5, 5.41) is 0. The van der Waals surface area contributed by atoms with Gasteiger partial charge in [-0.1, -0.05) is 37.3 Å². The topological polar surface area (TPSA) is 43.4 Å². The fraction of sp³-hybridized carbons (Fsp3) is 0.267. The number of benzene rings is 1. The Morgan fingerprint density at radius 2 is 1.95 bits per heavy atom. The van der Waals surface area contributed by atoms with Gasteiger partial charge in [-0.3, -0.25) is 15.3 Å². The average Bonchev–Trinajstić information content (AvgIpc) is 2.48. The maximum absolute atomic E-state index is 5.49. The van der Waals surface area contributed by atoms with Crippen molar-refractivity contribution in [1.82, 2.24) is 4.98 Å². The molecule has 2 rings (SSSR count). The summed E-state index contributed by atoms with van der Waals surface area (Å²) in [6.07, 6.45) is 2.56. The lowest BCUT2D eigenvalue weighted by molar-refractivity contribution is 0.179. The van der Waals surface area contributed by atoms with E-state index in [1.54, 1.807) is 13.3 Å². The van der Waals surface area contributed by atoms with Crippen LogP contribution in [0, 0.1) is 0 Å². The fourth-order valence-corrected chi connectivity index (χ4v) is 1.82. The number of pyridine rings is 1. The van der Waals surface area contributed by atoms with Gasteiger partial charge in [0.15, 0.2) is 5.75 Å². The van der Waals surface area contributed by atoms with Gasteiger partial charge in [0.1, 0.15) is 5.69 Å². The molecule has 0 unspecified atom stereocenters. The van der Waals surface area contributed by atoms with Crippen molar-refractivity contribution in [3.8, 4) is 5.75 Å². The first-order valence-electron chi connectivity index (χ1n) is 6.28. The monoisotopic (exact) mass is 258 g/mol. The highest BCUT2D eigenvalue weighted by Gasteiger charge is 2.08. The second-order valence-corrected chi connectivity index (χ2v) is 4.07. The van der Waals surface area contributed by atoms with Gasteiger partial charge in [-0.2, -0.15) is 0 Å². The summed E-state index contributed by atoms with van der Waals surface area (Å²) >= 11 is 0. The Balaban J connectivity index is 2.00. The lowest BCUT2D eigenvalue weighted by atomic mass is 10.2. The van der Waals surface area contributed by atoms with Crippen LogP contribution < -0.4 is 10.2 Å². The zero-order valence-corrected chi connectivity index (χ0v) is 11.2.